The zero-order valence-corrected chi connectivity index (χ0v) is 16.9. The topological polar surface area (TPSA) is 112 Å². The molecule has 4 heterocycles. The molecule has 6 rings (SSSR count). The number of halogens is 1. The first-order valence-electron chi connectivity index (χ1n) is 10.4. The van der Waals surface area contributed by atoms with Crippen molar-refractivity contribution in [1.82, 2.24) is 30.1 Å². The third-order valence-corrected chi connectivity index (χ3v) is 5.92. The quantitative estimate of drug-likeness (QED) is 0.393. The van der Waals surface area contributed by atoms with Crippen LogP contribution in [0.3, 0.4) is 0 Å². The van der Waals surface area contributed by atoms with Gasteiger partial charge in [0.15, 0.2) is 17.3 Å². The first kappa shape index (κ1) is 18.6. The molecule has 0 bridgehead atoms. The molecule has 3 N–H and O–H groups in total. The number of imidazole rings is 1. The largest absolute Gasteiger partial charge is 0.335 e. The summed E-state index contributed by atoms with van der Waals surface area (Å²) in [7, 11) is 0. The number of carbonyl (C=O) groups excluding carboxylic acids is 1. The summed E-state index contributed by atoms with van der Waals surface area (Å²) in [6.07, 6.45) is 7.83. The molecular formula is C23H18FN7O. The number of pyridine rings is 2. The van der Waals surface area contributed by atoms with Gasteiger partial charge in [-0.1, -0.05) is 6.42 Å². The third-order valence-electron chi connectivity index (χ3n) is 5.92. The Morgan fingerprint density at radius 1 is 1.16 bits per heavy atom. The van der Waals surface area contributed by atoms with Crippen LogP contribution in [0, 0.1) is 11.7 Å². The number of anilines is 1. The molecule has 0 atom stereocenters. The van der Waals surface area contributed by atoms with Gasteiger partial charge in [0, 0.05) is 29.3 Å². The Bertz CT molecular complexity index is 1450. The highest BCUT2D eigenvalue weighted by molar-refractivity contribution is 5.96. The Morgan fingerprint density at radius 2 is 2.06 bits per heavy atom. The number of aromatic nitrogens is 6. The number of benzene rings is 1. The minimum atomic E-state index is -0.460. The van der Waals surface area contributed by atoms with Crippen molar-refractivity contribution in [3.05, 3.63) is 54.7 Å². The molecule has 4 aromatic heterocycles. The summed E-state index contributed by atoms with van der Waals surface area (Å²) < 4.78 is 14.9. The first-order chi connectivity index (χ1) is 15.7. The van der Waals surface area contributed by atoms with E-state index >= 15 is 0 Å². The fourth-order valence-corrected chi connectivity index (χ4v) is 3.97. The molecule has 0 unspecified atom stereocenters. The van der Waals surface area contributed by atoms with Gasteiger partial charge in [-0.05, 0) is 48.7 Å². The highest BCUT2D eigenvalue weighted by Gasteiger charge is 2.25. The zero-order valence-electron chi connectivity index (χ0n) is 16.9. The molecule has 8 nitrogen and oxygen atoms in total. The lowest BCUT2D eigenvalue weighted by Gasteiger charge is -2.24. The molecule has 158 valence electrons. The van der Waals surface area contributed by atoms with E-state index in [2.05, 4.69) is 35.5 Å². The maximum atomic E-state index is 14.9. The Hall–Kier alpha value is -4.14. The average Bonchev–Trinajstić information content (AvgIpc) is 3.36. The highest BCUT2D eigenvalue weighted by Crippen LogP contribution is 2.33. The summed E-state index contributed by atoms with van der Waals surface area (Å²) in [6.45, 7) is 0. The van der Waals surface area contributed by atoms with Crippen LogP contribution in [0.1, 0.15) is 19.3 Å². The standard InChI is InChI=1S/C23H18FN7O/c24-17-9-13(14-7-15(11-25-10-14)27-23(32)12-3-1-4-12)8-16-19(17)30-31-20(16)22-28-18-5-2-6-26-21(18)29-22/h2,5-12H,1,3-4H2,(H,27,32)(H,30,31)(H,26,28,29). The molecule has 1 saturated carbocycles. The van der Waals surface area contributed by atoms with Crippen molar-refractivity contribution in [3.8, 4) is 22.6 Å². The first-order valence-corrected chi connectivity index (χ1v) is 10.4. The second-order valence-electron chi connectivity index (χ2n) is 7.99. The molecular weight excluding hydrogens is 409 g/mol. The van der Waals surface area contributed by atoms with Crippen molar-refractivity contribution < 1.29 is 9.18 Å². The number of hydrogen-bond donors (Lipinski definition) is 3. The summed E-state index contributed by atoms with van der Waals surface area (Å²) in [4.78, 5) is 28.4. The number of nitrogens with zero attached hydrogens (tertiary/aromatic N) is 4. The average molecular weight is 427 g/mol. The Kier molecular flexibility index (Phi) is 4.20. The lowest BCUT2D eigenvalue weighted by molar-refractivity contribution is -0.122. The predicted octanol–water partition coefficient (Wildman–Crippen LogP) is 4.44. The molecule has 0 aliphatic heterocycles. The molecule has 5 aromatic rings. The molecule has 1 aromatic carbocycles. The van der Waals surface area contributed by atoms with Gasteiger partial charge >= 0.3 is 0 Å². The maximum Gasteiger partial charge on any atom is 0.227 e. The van der Waals surface area contributed by atoms with E-state index in [-0.39, 0.29) is 17.3 Å². The second kappa shape index (κ2) is 7.23. The van der Waals surface area contributed by atoms with E-state index in [4.69, 9.17) is 0 Å². The highest BCUT2D eigenvalue weighted by atomic mass is 19.1. The van der Waals surface area contributed by atoms with Crippen LogP contribution in [0.15, 0.2) is 48.9 Å². The Labute approximate surface area is 181 Å². The third kappa shape index (κ3) is 3.09. The summed E-state index contributed by atoms with van der Waals surface area (Å²) in [6, 6.07) is 8.75. The Balaban J connectivity index is 1.40. The fraction of sp³-hybridized carbons (Fsp3) is 0.174. The molecule has 1 aliphatic carbocycles. The smallest absolute Gasteiger partial charge is 0.227 e. The van der Waals surface area contributed by atoms with E-state index in [0.717, 1.165) is 24.8 Å². The van der Waals surface area contributed by atoms with E-state index in [1.165, 1.54) is 6.07 Å². The summed E-state index contributed by atoms with van der Waals surface area (Å²) in [5, 5.41) is 10.5. The molecule has 1 amide bonds. The fourth-order valence-electron chi connectivity index (χ4n) is 3.97. The van der Waals surface area contributed by atoms with Gasteiger partial charge in [-0.3, -0.25) is 14.9 Å². The SMILES string of the molecule is O=C(Nc1cncc(-c2cc(F)c3n[nH]c(-c4nc5ncccc5[nH]4)c3c2)c1)C1CCC1. The zero-order chi connectivity index (χ0) is 21.7. The van der Waals surface area contributed by atoms with Crippen LogP contribution in [0.5, 0.6) is 0 Å². The van der Waals surface area contributed by atoms with Gasteiger partial charge in [0.05, 0.1) is 17.4 Å². The minimum Gasteiger partial charge on any atom is -0.335 e. The summed E-state index contributed by atoms with van der Waals surface area (Å²) >= 11 is 0. The summed E-state index contributed by atoms with van der Waals surface area (Å²) in [5.74, 6) is 0.141. The van der Waals surface area contributed by atoms with Crippen LogP contribution in [0.4, 0.5) is 10.1 Å². The molecule has 1 aliphatic rings. The van der Waals surface area contributed by atoms with Crippen molar-refractivity contribution in [1.29, 1.82) is 0 Å². The van der Waals surface area contributed by atoms with E-state index < -0.39 is 5.82 Å². The predicted molar refractivity (Wildman–Crippen MR) is 118 cm³/mol. The van der Waals surface area contributed by atoms with Gasteiger partial charge in [0.2, 0.25) is 5.91 Å². The van der Waals surface area contributed by atoms with Crippen LogP contribution < -0.4 is 5.32 Å². The van der Waals surface area contributed by atoms with Crippen molar-refractivity contribution in [3.63, 3.8) is 0 Å². The lowest BCUT2D eigenvalue weighted by atomic mass is 9.85. The second-order valence-corrected chi connectivity index (χ2v) is 7.99. The van der Waals surface area contributed by atoms with Gasteiger partial charge in [-0.2, -0.15) is 5.10 Å². The molecule has 0 radical (unpaired) electrons. The molecule has 0 saturated heterocycles. The lowest BCUT2D eigenvalue weighted by Crippen LogP contribution is -2.28. The molecule has 32 heavy (non-hydrogen) atoms. The van der Waals surface area contributed by atoms with Gasteiger partial charge in [0.1, 0.15) is 11.2 Å². The van der Waals surface area contributed by atoms with Crippen molar-refractivity contribution >= 4 is 33.7 Å². The molecule has 0 spiro atoms. The Morgan fingerprint density at radius 3 is 2.88 bits per heavy atom. The number of rotatable bonds is 4. The number of aromatic amines is 2. The van der Waals surface area contributed by atoms with E-state index in [0.29, 0.717) is 39.4 Å². The van der Waals surface area contributed by atoms with E-state index in [1.807, 2.05) is 18.2 Å². The number of amides is 1. The van der Waals surface area contributed by atoms with Gasteiger partial charge in [0.25, 0.3) is 0 Å². The molecule has 9 heteroatoms. The number of H-pyrrole nitrogens is 2. The van der Waals surface area contributed by atoms with Crippen LogP contribution >= 0.6 is 0 Å². The van der Waals surface area contributed by atoms with E-state index in [9.17, 15) is 9.18 Å². The van der Waals surface area contributed by atoms with Crippen LogP contribution in [0.25, 0.3) is 44.7 Å². The van der Waals surface area contributed by atoms with Crippen LogP contribution in [-0.2, 0) is 4.79 Å². The van der Waals surface area contributed by atoms with Crippen molar-refractivity contribution in [2.75, 3.05) is 5.32 Å². The van der Waals surface area contributed by atoms with Crippen molar-refractivity contribution in [2.45, 2.75) is 19.3 Å². The van der Waals surface area contributed by atoms with Crippen LogP contribution in [-0.4, -0.2) is 36.0 Å². The molecule has 1 fully saturated rings. The van der Waals surface area contributed by atoms with Gasteiger partial charge in [-0.25, -0.2) is 14.4 Å². The van der Waals surface area contributed by atoms with Crippen LogP contribution in [0.2, 0.25) is 0 Å². The normalized spacial score (nSPS) is 14.0. The number of carbonyl (C=O) groups is 1. The number of nitrogens with one attached hydrogen (secondary N) is 3. The maximum absolute atomic E-state index is 14.9. The van der Waals surface area contributed by atoms with Gasteiger partial charge < -0.3 is 10.3 Å². The minimum absolute atomic E-state index is 0.00690. The summed E-state index contributed by atoms with van der Waals surface area (Å²) in [5.41, 5.74) is 4.05. The van der Waals surface area contributed by atoms with Gasteiger partial charge in [-0.15, -0.1) is 0 Å². The number of hydrogen-bond acceptors (Lipinski definition) is 5. The van der Waals surface area contributed by atoms with Crippen molar-refractivity contribution in [2.24, 2.45) is 5.92 Å². The monoisotopic (exact) mass is 427 g/mol. The van der Waals surface area contributed by atoms with E-state index in [1.54, 1.807) is 24.7 Å². The number of fused-ring (bicyclic) bond motifs is 2.